The van der Waals surface area contributed by atoms with E-state index in [0.717, 1.165) is 11.4 Å². The molecule has 0 bridgehead atoms. The van der Waals surface area contributed by atoms with Crippen molar-refractivity contribution in [3.63, 3.8) is 0 Å². The molecule has 1 aromatic carbocycles. The van der Waals surface area contributed by atoms with Crippen LogP contribution >= 0.6 is 0 Å². The summed E-state index contributed by atoms with van der Waals surface area (Å²) in [5.41, 5.74) is 1.52. The van der Waals surface area contributed by atoms with E-state index in [0.29, 0.717) is 12.8 Å². The fourth-order valence-electron chi connectivity index (χ4n) is 1.77. The quantitative estimate of drug-likeness (QED) is 0.821. The second-order valence-electron chi connectivity index (χ2n) is 4.10. The maximum atomic E-state index is 11.7. The SMILES string of the molecule is CCC(=O)N(C)c1ccccc1N(C)C(=O)CC. The number of hydrogen-bond acceptors (Lipinski definition) is 2. The Hall–Kier alpha value is -1.84. The van der Waals surface area contributed by atoms with Crippen LogP contribution in [0.2, 0.25) is 0 Å². The van der Waals surface area contributed by atoms with Gasteiger partial charge in [0.1, 0.15) is 0 Å². The molecule has 2 amide bonds. The Labute approximate surface area is 108 Å². The van der Waals surface area contributed by atoms with E-state index in [2.05, 4.69) is 0 Å². The smallest absolute Gasteiger partial charge is 0.226 e. The molecule has 0 spiro atoms. The number of nitrogens with zero attached hydrogens (tertiary/aromatic N) is 2. The van der Waals surface area contributed by atoms with Crippen molar-refractivity contribution in [2.75, 3.05) is 23.9 Å². The third-order valence-corrected chi connectivity index (χ3v) is 2.96. The molecule has 1 aromatic rings. The van der Waals surface area contributed by atoms with E-state index >= 15 is 0 Å². The Morgan fingerprint density at radius 2 is 1.22 bits per heavy atom. The summed E-state index contributed by atoms with van der Waals surface area (Å²) in [5, 5.41) is 0. The van der Waals surface area contributed by atoms with Gasteiger partial charge in [-0.1, -0.05) is 26.0 Å². The van der Waals surface area contributed by atoms with Gasteiger partial charge in [-0.05, 0) is 12.1 Å². The van der Waals surface area contributed by atoms with Crippen LogP contribution in [0.3, 0.4) is 0 Å². The molecule has 0 saturated carbocycles. The largest absolute Gasteiger partial charge is 0.314 e. The Kier molecular flexibility index (Phi) is 4.89. The zero-order chi connectivity index (χ0) is 13.7. The fraction of sp³-hybridized carbons (Fsp3) is 0.429. The molecule has 0 unspecified atom stereocenters. The topological polar surface area (TPSA) is 40.6 Å². The summed E-state index contributed by atoms with van der Waals surface area (Å²) >= 11 is 0. The van der Waals surface area contributed by atoms with Gasteiger partial charge in [0.25, 0.3) is 0 Å². The lowest BCUT2D eigenvalue weighted by atomic mass is 10.2. The minimum absolute atomic E-state index is 0.0276. The maximum Gasteiger partial charge on any atom is 0.226 e. The van der Waals surface area contributed by atoms with Crippen molar-refractivity contribution in [3.8, 4) is 0 Å². The summed E-state index contributed by atoms with van der Waals surface area (Å²) in [6.07, 6.45) is 0.881. The van der Waals surface area contributed by atoms with Gasteiger partial charge >= 0.3 is 0 Å². The first-order valence-electron chi connectivity index (χ1n) is 6.15. The number of rotatable bonds is 4. The second kappa shape index (κ2) is 6.19. The molecule has 4 heteroatoms. The predicted octanol–water partition coefficient (Wildman–Crippen LogP) is 2.43. The fourth-order valence-corrected chi connectivity index (χ4v) is 1.77. The zero-order valence-electron chi connectivity index (χ0n) is 11.4. The molecule has 0 atom stereocenters. The highest BCUT2D eigenvalue weighted by molar-refractivity contribution is 6.01. The third kappa shape index (κ3) is 2.88. The molecule has 0 fully saturated rings. The monoisotopic (exact) mass is 248 g/mol. The van der Waals surface area contributed by atoms with E-state index in [1.807, 2.05) is 38.1 Å². The molecule has 98 valence electrons. The molecule has 0 N–H and O–H groups in total. The van der Waals surface area contributed by atoms with Crippen LogP contribution in [-0.2, 0) is 9.59 Å². The van der Waals surface area contributed by atoms with Gasteiger partial charge in [0.15, 0.2) is 0 Å². The summed E-state index contributed by atoms with van der Waals surface area (Å²) < 4.78 is 0. The van der Waals surface area contributed by atoms with Crippen LogP contribution in [0.25, 0.3) is 0 Å². The highest BCUT2D eigenvalue weighted by Gasteiger charge is 2.17. The lowest BCUT2D eigenvalue weighted by molar-refractivity contribution is -0.119. The van der Waals surface area contributed by atoms with Gasteiger partial charge in [0.2, 0.25) is 11.8 Å². The Morgan fingerprint density at radius 1 is 0.889 bits per heavy atom. The highest BCUT2D eigenvalue weighted by Crippen LogP contribution is 2.28. The molecule has 0 aliphatic heterocycles. The van der Waals surface area contributed by atoms with E-state index in [-0.39, 0.29) is 11.8 Å². The molecule has 1 rings (SSSR count). The lowest BCUT2D eigenvalue weighted by Crippen LogP contribution is -2.30. The number of para-hydroxylation sites is 2. The standard InChI is InChI=1S/C14H20N2O2/c1-5-13(17)15(3)11-9-7-8-10-12(11)16(4)14(18)6-2/h7-10H,5-6H2,1-4H3. The molecule has 18 heavy (non-hydrogen) atoms. The van der Waals surface area contributed by atoms with E-state index < -0.39 is 0 Å². The molecule has 0 heterocycles. The summed E-state index contributed by atoms with van der Waals surface area (Å²) in [4.78, 5) is 26.7. The Bertz CT molecular complexity index is 402. The number of carbonyl (C=O) groups excluding carboxylic acids is 2. The highest BCUT2D eigenvalue weighted by atomic mass is 16.2. The molecular formula is C14H20N2O2. The van der Waals surface area contributed by atoms with Crippen molar-refractivity contribution in [2.45, 2.75) is 26.7 Å². The van der Waals surface area contributed by atoms with Crippen molar-refractivity contribution < 1.29 is 9.59 Å². The van der Waals surface area contributed by atoms with Crippen molar-refractivity contribution in [1.82, 2.24) is 0 Å². The van der Waals surface area contributed by atoms with Gasteiger partial charge in [-0.2, -0.15) is 0 Å². The van der Waals surface area contributed by atoms with Crippen molar-refractivity contribution in [3.05, 3.63) is 24.3 Å². The minimum Gasteiger partial charge on any atom is -0.314 e. The molecular weight excluding hydrogens is 228 g/mol. The number of hydrogen-bond donors (Lipinski definition) is 0. The minimum atomic E-state index is 0.0276. The Balaban J connectivity index is 3.14. The number of benzene rings is 1. The average Bonchev–Trinajstić information content (AvgIpc) is 2.43. The van der Waals surface area contributed by atoms with Crippen molar-refractivity contribution >= 4 is 23.2 Å². The van der Waals surface area contributed by atoms with Gasteiger partial charge in [0, 0.05) is 26.9 Å². The van der Waals surface area contributed by atoms with Gasteiger partial charge in [-0.25, -0.2) is 0 Å². The first-order valence-corrected chi connectivity index (χ1v) is 6.15. The number of carbonyl (C=O) groups is 2. The second-order valence-corrected chi connectivity index (χ2v) is 4.10. The summed E-state index contributed by atoms with van der Waals surface area (Å²) in [5.74, 6) is 0.0552. The lowest BCUT2D eigenvalue weighted by Gasteiger charge is -2.25. The van der Waals surface area contributed by atoms with Crippen LogP contribution in [0.5, 0.6) is 0 Å². The van der Waals surface area contributed by atoms with Crippen LogP contribution < -0.4 is 9.80 Å². The van der Waals surface area contributed by atoms with E-state index in [1.165, 1.54) is 0 Å². The number of anilines is 2. The average molecular weight is 248 g/mol. The number of amides is 2. The molecule has 0 saturated heterocycles. The van der Waals surface area contributed by atoms with Crippen LogP contribution in [-0.4, -0.2) is 25.9 Å². The predicted molar refractivity (Wildman–Crippen MR) is 73.8 cm³/mol. The van der Waals surface area contributed by atoms with Crippen molar-refractivity contribution in [1.29, 1.82) is 0 Å². The van der Waals surface area contributed by atoms with E-state index in [9.17, 15) is 9.59 Å². The van der Waals surface area contributed by atoms with Crippen LogP contribution in [0, 0.1) is 0 Å². The molecule has 0 radical (unpaired) electrons. The van der Waals surface area contributed by atoms with Crippen LogP contribution in [0.1, 0.15) is 26.7 Å². The van der Waals surface area contributed by atoms with Crippen LogP contribution in [0.4, 0.5) is 11.4 Å². The van der Waals surface area contributed by atoms with Gasteiger partial charge in [-0.3, -0.25) is 9.59 Å². The molecule has 4 nitrogen and oxygen atoms in total. The van der Waals surface area contributed by atoms with Crippen LogP contribution in [0.15, 0.2) is 24.3 Å². The van der Waals surface area contributed by atoms with Gasteiger partial charge in [-0.15, -0.1) is 0 Å². The third-order valence-electron chi connectivity index (χ3n) is 2.96. The van der Waals surface area contributed by atoms with E-state index in [1.54, 1.807) is 23.9 Å². The molecule has 0 aliphatic rings. The van der Waals surface area contributed by atoms with Gasteiger partial charge < -0.3 is 9.80 Å². The summed E-state index contributed by atoms with van der Waals surface area (Å²) in [7, 11) is 3.46. The summed E-state index contributed by atoms with van der Waals surface area (Å²) in [6, 6.07) is 7.43. The maximum absolute atomic E-state index is 11.7. The normalized spacial score (nSPS) is 10.0. The Morgan fingerprint density at radius 3 is 1.50 bits per heavy atom. The van der Waals surface area contributed by atoms with E-state index in [4.69, 9.17) is 0 Å². The zero-order valence-corrected chi connectivity index (χ0v) is 11.4. The first-order chi connectivity index (χ1) is 8.52. The van der Waals surface area contributed by atoms with Gasteiger partial charge in [0.05, 0.1) is 11.4 Å². The van der Waals surface area contributed by atoms with Crippen molar-refractivity contribution in [2.24, 2.45) is 0 Å². The molecule has 0 aromatic heterocycles. The molecule has 0 aliphatic carbocycles. The first kappa shape index (κ1) is 14.2. The summed E-state index contributed by atoms with van der Waals surface area (Å²) in [6.45, 7) is 3.64.